The number of hydrogen-bond acceptors (Lipinski definition) is 10. The molecule has 2 aromatic rings. The van der Waals surface area contributed by atoms with Crippen molar-refractivity contribution < 1.29 is 37.7 Å². The lowest BCUT2D eigenvalue weighted by molar-refractivity contribution is -0.123. The minimum atomic E-state index is -0.635. The summed E-state index contributed by atoms with van der Waals surface area (Å²) in [6.07, 6.45) is -0.0975. The SMILES string of the molecule is COC(=O)c1nc2c(cc1Cc1ccc(F)cc1)N(C(=O)CN1C[C@@H](C)N(C(=O)OC(C)(C)C)C[C@@H]1CN1[C@H](C)COC[C@H]1C)[C@@H](C)CO2. The smallest absolute Gasteiger partial charge is 0.410 e. The lowest BCUT2D eigenvalue weighted by Gasteiger charge is -2.49. The number of carbonyl (C=O) groups excluding carboxylic acids is 3. The van der Waals surface area contributed by atoms with Crippen molar-refractivity contribution in [1.82, 2.24) is 19.7 Å². The van der Waals surface area contributed by atoms with E-state index >= 15 is 0 Å². The number of benzene rings is 1. The van der Waals surface area contributed by atoms with Crippen molar-refractivity contribution in [3.05, 3.63) is 53.0 Å². The number of rotatable bonds is 7. The van der Waals surface area contributed by atoms with E-state index in [1.807, 2.05) is 34.6 Å². The Morgan fingerprint density at radius 3 is 2.27 bits per heavy atom. The summed E-state index contributed by atoms with van der Waals surface area (Å²) in [5, 5.41) is 0. The highest BCUT2D eigenvalue weighted by molar-refractivity contribution is 5.98. The molecule has 0 saturated carbocycles. The standard InChI is InChI=1S/C36H50FN5O7/c1-22-15-39(29(16-40-23(2)19-47-20-24(40)3)17-41(22)35(45)49-36(5,6)7)18-31(43)42-25(4)21-48-33-30(42)14-27(32(38-33)34(44)46-8)13-26-9-11-28(37)12-10-26/h9-12,14,22-25,29H,13,15-21H2,1-8H3/t22-,23-,24-,25+,29+/m1/s1. The molecule has 0 aliphatic carbocycles. The zero-order valence-electron chi connectivity index (χ0n) is 29.9. The predicted molar refractivity (Wildman–Crippen MR) is 181 cm³/mol. The first kappa shape index (κ1) is 36.5. The highest BCUT2D eigenvalue weighted by atomic mass is 19.1. The minimum Gasteiger partial charge on any atom is -0.474 e. The largest absolute Gasteiger partial charge is 0.474 e. The van der Waals surface area contributed by atoms with Crippen LogP contribution in [0.3, 0.4) is 0 Å². The third-order valence-corrected chi connectivity index (χ3v) is 9.36. The monoisotopic (exact) mass is 683 g/mol. The van der Waals surface area contributed by atoms with E-state index in [4.69, 9.17) is 18.9 Å². The van der Waals surface area contributed by atoms with E-state index in [-0.39, 0.29) is 79.2 Å². The Hall–Kier alpha value is -3.81. The van der Waals surface area contributed by atoms with Crippen molar-refractivity contribution in [3.63, 3.8) is 0 Å². The second-order valence-corrected chi connectivity index (χ2v) is 14.5. The van der Waals surface area contributed by atoms with Crippen LogP contribution >= 0.6 is 0 Å². The Bertz CT molecular complexity index is 1510. The number of fused-ring (bicyclic) bond motifs is 1. The van der Waals surface area contributed by atoms with Gasteiger partial charge in [0.2, 0.25) is 11.8 Å². The number of morpholine rings is 1. The first-order valence-corrected chi connectivity index (χ1v) is 17.0. The fraction of sp³-hybridized carbons (Fsp3) is 0.611. The summed E-state index contributed by atoms with van der Waals surface area (Å²) in [5.74, 6) is -0.975. The quantitative estimate of drug-likeness (QED) is 0.395. The maximum absolute atomic E-state index is 14.4. The summed E-state index contributed by atoms with van der Waals surface area (Å²) < 4.78 is 36.2. The van der Waals surface area contributed by atoms with Gasteiger partial charge in [0.15, 0.2) is 5.69 Å². The first-order valence-electron chi connectivity index (χ1n) is 17.0. The van der Waals surface area contributed by atoms with Crippen molar-refractivity contribution in [2.24, 2.45) is 0 Å². The van der Waals surface area contributed by atoms with Gasteiger partial charge in [0, 0.05) is 43.8 Å². The number of amides is 2. The number of piperazine rings is 1. The molecule has 49 heavy (non-hydrogen) atoms. The van der Waals surface area contributed by atoms with Crippen molar-refractivity contribution in [1.29, 1.82) is 0 Å². The zero-order valence-corrected chi connectivity index (χ0v) is 29.9. The molecule has 4 heterocycles. The van der Waals surface area contributed by atoms with Gasteiger partial charge in [-0.15, -0.1) is 0 Å². The fourth-order valence-electron chi connectivity index (χ4n) is 6.87. The van der Waals surface area contributed by atoms with Gasteiger partial charge in [0.25, 0.3) is 0 Å². The summed E-state index contributed by atoms with van der Waals surface area (Å²) in [6.45, 7) is 16.8. The molecule has 2 fully saturated rings. The van der Waals surface area contributed by atoms with E-state index in [2.05, 4.69) is 28.6 Å². The molecule has 0 bridgehead atoms. The van der Waals surface area contributed by atoms with Crippen molar-refractivity contribution in [3.8, 4) is 5.88 Å². The number of pyridine rings is 1. The third-order valence-electron chi connectivity index (χ3n) is 9.36. The number of carbonyl (C=O) groups is 3. The molecule has 0 unspecified atom stereocenters. The van der Waals surface area contributed by atoms with Crippen LogP contribution in [0.5, 0.6) is 5.88 Å². The number of esters is 1. The van der Waals surface area contributed by atoms with Crippen LogP contribution in [0.15, 0.2) is 30.3 Å². The van der Waals surface area contributed by atoms with Gasteiger partial charge in [-0.1, -0.05) is 12.1 Å². The molecule has 0 radical (unpaired) electrons. The van der Waals surface area contributed by atoms with Gasteiger partial charge in [-0.2, -0.15) is 0 Å². The summed E-state index contributed by atoms with van der Waals surface area (Å²) in [6, 6.07) is 7.45. The van der Waals surface area contributed by atoms with Gasteiger partial charge < -0.3 is 28.7 Å². The second kappa shape index (κ2) is 15.0. The van der Waals surface area contributed by atoms with Gasteiger partial charge in [-0.3, -0.25) is 14.6 Å². The Morgan fingerprint density at radius 1 is 0.959 bits per heavy atom. The van der Waals surface area contributed by atoms with Gasteiger partial charge >= 0.3 is 12.1 Å². The molecule has 2 saturated heterocycles. The highest BCUT2D eigenvalue weighted by Gasteiger charge is 2.41. The maximum atomic E-state index is 14.4. The predicted octanol–water partition coefficient (Wildman–Crippen LogP) is 4.13. The van der Waals surface area contributed by atoms with Crippen molar-refractivity contribution in [2.45, 2.75) is 90.7 Å². The van der Waals surface area contributed by atoms with Gasteiger partial charge in [-0.05, 0) is 84.2 Å². The van der Waals surface area contributed by atoms with E-state index < -0.39 is 11.6 Å². The molecule has 1 aromatic carbocycles. The van der Waals surface area contributed by atoms with Crippen LogP contribution in [0.1, 0.15) is 70.1 Å². The number of methoxy groups -OCH3 is 1. The highest BCUT2D eigenvalue weighted by Crippen LogP contribution is 2.36. The lowest BCUT2D eigenvalue weighted by atomic mass is 10.0. The van der Waals surface area contributed by atoms with Crippen LogP contribution in [0.4, 0.5) is 14.9 Å². The number of nitrogens with zero attached hydrogens (tertiary/aromatic N) is 5. The molecule has 0 spiro atoms. The molecule has 2 amide bonds. The van der Waals surface area contributed by atoms with E-state index in [0.717, 1.165) is 5.56 Å². The Morgan fingerprint density at radius 2 is 1.63 bits per heavy atom. The van der Waals surface area contributed by atoms with Crippen molar-refractivity contribution >= 4 is 23.7 Å². The normalized spacial score (nSPS) is 25.0. The summed E-state index contributed by atoms with van der Waals surface area (Å²) in [4.78, 5) is 53.1. The van der Waals surface area contributed by atoms with E-state index in [1.165, 1.54) is 19.2 Å². The van der Waals surface area contributed by atoms with Crippen LogP contribution < -0.4 is 9.64 Å². The van der Waals surface area contributed by atoms with Crippen LogP contribution in [-0.2, 0) is 25.4 Å². The van der Waals surface area contributed by atoms with Gasteiger partial charge in [-0.25, -0.2) is 19.0 Å². The maximum Gasteiger partial charge on any atom is 0.410 e. The molecule has 5 atom stereocenters. The second-order valence-electron chi connectivity index (χ2n) is 14.5. The Labute approximate surface area is 288 Å². The summed E-state index contributed by atoms with van der Waals surface area (Å²) in [5.41, 5.74) is 1.20. The van der Waals surface area contributed by atoms with Crippen LogP contribution in [0.2, 0.25) is 0 Å². The molecule has 5 rings (SSSR count). The fourth-order valence-corrected chi connectivity index (χ4v) is 6.87. The molecule has 3 aliphatic heterocycles. The molecule has 1 aromatic heterocycles. The summed E-state index contributed by atoms with van der Waals surface area (Å²) >= 11 is 0. The van der Waals surface area contributed by atoms with Gasteiger partial charge in [0.1, 0.15) is 23.7 Å². The van der Waals surface area contributed by atoms with E-state index in [0.29, 0.717) is 44.1 Å². The molecule has 3 aliphatic rings. The molecule has 13 heteroatoms. The zero-order chi connectivity index (χ0) is 35.6. The minimum absolute atomic E-state index is 0.0773. The topological polar surface area (TPSA) is 114 Å². The van der Waals surface area contributed by atoms with Crippen molar-refractivity contribution in [2.75, 3.05) is 58.0 Å². The number of hydrogen-bond donors (Lipinski definition) is 0. The molecule has 268 valence electrons. The Balaban J connectivity index is 1.44. The molecular formula is C36H50FN5O7. The van der Waals surface area contributed by atoms with Crippen LogP contribution in [0.25, 0.3) is 0 Å². The van der Waals surface area contributed by atoms with Gasteiger partial charge in [0.05, 0.1) is 32.9 Å². The van der Waals surface area contributed by atoms with Crippen LogP contribution in [0, 0.1) is 5.82 Å². The van der Waals surface area contributed by atoms with E-state index in [9.17, 15) is 18.8 Å². The number of aromatic nitrogens is 1. The number of halogens is 1. The molecule has 0 N–H and O–H groups in total. The number of ether oxygens (including phenoxy) is 4. The lowest BCUT2D eigenvalue weighted by Crippen LogP contribution is -2.65. The average Bonchev–Trinajstić information content (AvgIpc) is 3.03. The van der Waals surface area contributed by atoms with Crippen LogP contribution in [-0.4, -0.2) is 127 Å². The Kier molecular flexibility index (Phi) is 11.1. The average molecular weight is 684 g/mol. The number of anilines is 1. The third kappa shape index (κ3) is 8.50. The van der Waals surface area contributed by atoms with E-state index in [1.54, 1.807) is 28.0 Å². The first-order chi connectivity index (χ1) is 23.1. The summed E-state index contributed by atoms with van der Waals surface area (Å²) in [7, 11) is 1.28. The molecular weight excluding hydrogens is 633 g/mol. The molecule has 12 nitrogen and oxygen atoms in total.